The van der Waals surface area contributed by atoms with Crippen LogP contribution >= 0.6 is 23.4 Å². The number of amides is 1. The molecule has 0 unspecified atom stereocenters. The van der Waals surface area contributed by atoms with Crippen LogP contribution in [0.5, 0.6) is 0 Å². The van der Waals surface area contributed by atoms with E-state index in [0.29, 0.717) is 6.04 Å². The summed E-state index contributed by atoms with van der Waals surface area (Å²) in [5.74, 6) is 0.233. The quantitative estimate of drug-likeness (QED) is 0.757. The smallest absolute Gasteiger partial charge is 0.235 e. The zero-order valence-corrected chi connectivity index (χ0v) is 13.7. The van der Waals surface area contributed by atoms with E-state index in [9.17, 15) is 4.79 Å². The first-order valence-corrected chi connectivity index (χ1v) is 8.52. The summed E-state index contributed by atoms with van der Waals surface area (Å²) in [4.78, 5) is 15.5. The van der Waals surface area contributed by atoms with E-state index in [1.54, 1.807) is 11.8 Å². The van der Waals surface area contributed by atoms with Gasteiger partial charge >= 0.3 is 0 Å². The van der Waals surface area contributed by atoms with Crippen molar-refractivity contribution in [3.63, 3.8) is 0 Å². The highest BCUT2D eigenvalue weighted by molar-refractivity contribution is 8.00. The second-order valence-corrected chi connectivity index (χ2v) is 7.31. The molecule has 0 N–H and O–H groups in total. The van der Waals surface area contributed by atoms with E-state index in [4.69, 9.17) is 11.6 Å². The Morgan fingerprint density at radius 1 is 1.25 bits per heavy atom. The molecule has 1 aliphatic carbocycles. The molecule has 1 atom stereocenters. The van der Waals surface area contributed by atoms with E-state index in [1.165, 1.54) is 19.3 Å². The van der Waals surface area contributed by atoms with Crippen molar-refractivity contribution >= 4 is 29.3 Å². The van der Waals surface area contributed by atoms with Crippen molar-refractivity contribution in [2.75, 3.05) is 7.05 Å². The van der Waals surface area contributed by atoms with Crippen LogP contribution in [0.1, 0.15) is 39.0 Å². The number of thioether (sulfide) groups is 1. The highest BCUT2D eigenvalue weighted by Crippen LogP contribution is 2.28. The van der Waals surface area contributed by atoms with Crippen molar-refractivity contribution in [1.82, 2.24) is 4.90 Å². The fourth-order valence-electron chi connectivity index (χ4n) is 2.70. The van der Waals surface area contributed by atoms with Crippen LogP contribution in [0.15, 0.2) is 29.2 Å². The van der Waals surface area contributed by atoms with Crippen molar-refractivity contribution in [2.45, 2.75) is 55.2 Å². The van der Waals surface area contributed by atoms with Gasteiger partial charge in [-0.05, 0) is 44.0 Å². The first-order chi connectivity index (χ1) is 9.58. The summed E-state index contributed by atoms with van der Waals surface area (Å²) in [6, 6.07) is 8.11. The molecule has 20 heavy (non-hydrogen) atoms. The van der Waals surface area contributed by atoms with E-state index in [1.807, 2.05) is 43.1 Å². The molecule has 0 aliphatic heterocycles. The Kier molecular flexibility index (Phi) is 5.79. The van der Waals surface area contributed by atoms with Crippen LogP contribution in [0.3, 0.4) is 0 Å². The van der Waals surface area contributed by atoms with Gasteiger partial charge in [0, 0.05) is 23.0 Å². The van der Waals surface area contributed by atoms with Gasteiger partial charge in [0.2, 0.25) is 5.91 Å². The molecule has 1 amide bonds. The molecule has 2 nitrogen and oxygen atoms in total. The summed E-state index contributed by atoms with van der Waals surface area (Å²) in [6.45, 7) is 1.99. The monoisotopic (exact) mass is 311 g/mol. The van der Waals surface area contributed by atoms with Crippen molar-refractivity contribution in [3.8, 4) is 0 Å². The van der Waals surface area contributed by atoms with Crippen LogP contribution in [-0.2, 0) is 4.79 Å². The van der Waals surface area contributed by atoms with Crippen LogP contribution in [0.25, 0.3) is 0 Å². The molecule has 4 heteroatoms. The molecule has 2 rings (SSSR count). The molecule has 0 radical (unpaired) electrons. The van der Waals surface area contributed by atoms with Crippen molar-refractivity contribution in [1.29, 1.82) is 0 Å². The number of benzene rings is 1. The molecule has 1 aromatic rings. The SMILES string of the molecule is C[C@@H](Sc1ccc(Cl)cc1)C(=O)N(C)C1CCCCC1. The van der Waals surface area contributed by atoms with Crippen molar-refractivity contribution in [3.05, 3.63) is 29.3 Å². The van der Waals surface area contributed by atoms with Crippen LogP contribution in [0.2, 0.25) is 5.02 Å². The molecule has 0 spiro atoms. The fraction of sp³-hybridized carbons (Fsp3) is 0.562. The topological polar surface area (TPSA) is 20.3 Å². The third-order valence-corrected chi connectivity index (χ3v) is 5.30. The predicted molar refractivity (Wildman–Crippen MR) is 86.4 cm³/mol. The van der Waals surface area contributed by atoms with E-state index < -0.39 is 0 Å². The number of rotatable bonds is 4. The summed E-state index contributed by atoms with van der Waals surface area (Å²) in [6.07, 6.45) is 6.12. The summed E-state index contributed by atoms with van der Waals surface area (Å²) in [7, 11) is 1.96. The molecule has 1 aliphatic rings. The zero-order valence-electron chi connectivity index (χ0n) is 12.1. The lowest BCUT2D eigenvalue weighted by Crippen LogP contribution is -2.42. The highest BCUT2D eigenvalue weighted by atomic mass is 35.5. The standard InChI is InChI=1S/C16H22ClNOS/c1-12(20-15-10-8-13(17)9-11-15)16(19)18(2)14-6-4-3-5-7-14/h8-12,14H,3-7H2,1-2H3/t12-/m1/s1. The summed E-state index contributed by atoms with van der Waals surface area (Å²) >= 11 is 7.48. The van der Waals surface area contributed by atoms with Crippen LogP contribution in [-0.4, -0.2) is 29.1 Å². The lowest BCUT2D eigenvalue weighted by Gasteiger charge is -2.32. The van der Waals surface area contributed by atoms with Gasteiger partial charge in [0.15, 0.2) is 0 Å². The molecule has 1 saturated carbocycles. The number of nitrogens with zero attached hydrogens (tertiary/aromatic N) is 1. The number of hydrogen-bond acceptors (Lipinski definition) is 2. The van der Waals surface area contributed by atoms with Gasteiger partial charge in [0.25, 0.3) is 0 Å². The molecule has 0 saturated heterocycles. The molecular weight excluding hydrogens is 290 g/mol. The van der Waals surface area contributed by atoms with E-state index in [-0.39, 0.29) is 11.2 Å². The molecule has 1 fully saturated rings. The maximum atomic E-state index is 12.5. The lowest BCUT2D eigenvalue weighted by molar-refractivity contribution is -0.131. The highest BCUT2D eigenvalue weighted by Gasteiger charge is 2.25. The van der Waals surface area contributed by atoms with E-state index in [2.05, 4.69) is 0 Å². The maximum absolute atomic E-state index is 12.5. The summed E-state index contributed by atoms with van der Waals surface area (Å²) in [5, 5.41) is 0.677. The Hall–Kier alpha value is -0.670. The van der Waals surface area contributed by atoms with Gasteiger partial charge in [-0.25, -0.2) is 0 Å². The third kappa shape index (κ3) is 4.16. The zero-order chi connectivity index (χ0) is 14.5. The van der Waals surface area contributed by atoms with Gasteiger partial charge < -0.3 is 4.90 Å². The van der Waals surface area contributed by atoms with Crippen molar-refractivity contribution < 1.29 is 4.79 Å². The fourth-order valence-corrected chi connectivity index (χ4v) is 3.80. The molecule has 0 aromatic heterocycles. The summed E-state index contributed by atoms with van der Waals surface area (Å²) < 4.78 is 0. The minimum Gasteiger partial charge on any atom is -0.342 e. The second-order valence-electron chi connectivity index (χ2n) is 5.45. The van der Waals surface area contributed by atoms with E-state index >= 15 is 0 Å². The molecule has 0 bridgehead atoms. The Balaban J connectivity index is 1.92. The summed E-state index contributed by atoms with van der Waals surface area (Å²) in [5.41, 5.74) is 0. The number of hydrogen-bond donors (Lipinski definition) is 0. The second kappa shape index (κ2) is 7.37. The van der Waals surface area contributed by atoms with Gasteiger partial charge in [-0.15, -0.1) is 11.8 Å². The first-order valence-electron chi connectivity index (χ1n) is 7.27. The normalized spacial score (nSPS) is 17.8. The minimum atomic E-state index is -0.0527. The van der Waals surface area contributed by atoms with Crippen LogP contribution < -0.4 is 0 Å². The Morgan fingerprint density at radius 3 is 2.45 bits per heavy atom. The molecular formula is C16H22ClNOS. The number of carbonyl (C=O) groups is 1. The van der Waals surface area contributed by atoms with Gasteiger partial charge in [-0.2, -0.15) is 0 Å². The molecule has 1 aromatic carbocycles. The first kappa shape index (κ1) is 15.7. The Labute approximate surface area is 130 Å². The minimum absolute atomic E-state index is 0.0527. The van der Waals surface area contributed by atoms with Crippen LogP contribution in [0, 0.1) is 0 Å². The Morgan fingerprint density at radius 2 is 1.85 bits per heavy atom. The van der Waals surface area contributed by atoms with Gasteiger partial charge in [0.1, 0.15) is 0 Å². The number of carbonyl (C=O) groups excluding carboxylic acids is 1. The van der Waals surface area contributed by atoms with Gasteiger partial charge in [-0.3, -0.25) is 4.79 Å². The third-order valence-electron chi connectivity index (χ3n) is 3.94. The van der Waals surface area contributed by atoms with Gasteiger partial charge in [-0.1, -0.05) is 30.9 Å². The van der Waals surface area contributed by atoms with Crippen molar-refractivity contribution in [2.24, 2.45) is 0 Å². The Bertz CT molecular complexity index is 442. The van der Waals surface area contributed by atoms with E-state index in [0.717, 1.165) is 22.8 Å². The lowest BCUT2D eigenvalue weighted by atomic mass is 9.94. The van der Waals surface area contributed by atoms with Crippen LogP contribution in [0.4, 0.5) is 0 Å². The number of halogens is 1. The molecule has 0 heterocycles. The average molecular weight is 312 g/mol. The van der Waals surface area contributed by atoms with Gasteiger partial charge in [0.05, 0.1) is 5.25 Å². The molecule has 110 valence electrons. The average Bonchev–Trinajstić information content (AvgIpc) is 2.49. The maximum Gasteiger partial charge on any atom is 0.235 e. The predicted octanol–water partition coefficient (Wildman–Crippen LogP) is 4.61. The largest absolute Gasteiger partial charge is 0.342 e.